The van der Waals surface area contributed by atoms with Gasteiger partial charge in [0, 0.05) is 31.3 Å². The van der Waals surface area contributed by atoms with Gasteiger partial charge in [-0.1, -0.05) is 67.9 Å². The van der Waals surface area contributed by atoms with Gasteiger partial charge in [0.15, 0.2) is 0 Å². The maximum absolute atomic E-state index is 13.2. The van der Waals surface area contributed by atoms with Crippen molar-refractivity contribution in [2.75, 3.05) is 5.32 Å². The first-order valence-corrected chi connectivity index (χ1v) is 13.7. The Bertz CT molecular complexity index is 1620. The second-order valence-corrected chi connectivity index (χ2v) is 10.2. The molecule has 2 N–H and O–H groups in total. The largest absolute Gasteiger partial charge is 0.480 e. The van der Waals surface area contributed by atoms with Gasteiger partial charge in [0.1, 0.15) is 17.6 Å². The third kappa shape index (κ3) is 5.83. The fraction of sp³-hybridized carbons (Fsp3) is 0.242. The van der Waals surface area contributed by atoms with Crippen LogP contribution < -0.4 is 5.32 Å². The maximum Gasteiger partial charge on any atom is 0.327 e. The summed E-state index contributed by atoms with van der Waals surface area (Å²) in [5.41, 5.74) is 6.30. The van der Waals surface area contributed by atoms with Crippen LogP contribution in [0, 0.1) is 6.92 Å². The molecule has 0 aliphatic carbocycles. The highest BCUT2D eigenvalue weighted by Crippen LogP contribution is 2.24. The zero-order valence-electron chi connectivity index (χ0n) is 22.9. The van der Waals surface area contributed by atoms with Gasteiger partial charge in [-0.25, -0.2) is 9.78 Å². The number of carboxylic acid groups (broad SMARTS) is 1. The molecule has 2 aromatic heterocycles. The number of amides is 1. The number of aryl methyl sites for hydroxylation is 2. The van der Waals surface area contributed by atoms with Crippen LogP contribution in [0.25, 0.3) is 11.0 Å². The predicted octanol–water partition coefficient (Wildman–Crippen LogP) is 6.66. The molecule has 1 amide bonds. The number of carboxylic acids is 1. The van der Waals surface area contributed by atoms with Gasteiger partial charge in [0.05, 0.1) is 11.0 Å². The molecule has 0 saturated heterocycles. The summed E-state index contributed by atoms with van der Waals surface area (Å²) in [5.74, 6) is -0.248. The van der Waals surface area contributed by atoms with E-state index in [1.807, 2.05) is 54.6 Å². The van der Waals surface area contributed by atoms with Gasteiger partial charge in [0.25, 0.3) is 5.91 Å². The topological polar surface area (TPSA) is 89.2 Å². The number of benzene rings is 3. The van der Waals surface area contributed by atoms with E-state index in [2.05, 4.69) is 41.9 Å². The number of rotatable bonds is 11. The molecule has 0 spiro atoms. The molecule has 2 heterocycles. The standard InChI is InChI=1S/C33H34N4O3/c1-3-4-15-30-35-31-23(2)10-8-13-27(31)37(30)22-25-16-18-26(19-17-25)34-32(38)28-14-9-20-36(28)29(33(39)40)21-24-11-6-5-7-12-24/h5-14,16-20,29H,3-4,15,21-22H2,1-2H3,(H,34,38)(H,39,40)/t29-/m0/s1. The summed E-state index contributed by atoms with van der Waals surface area (Å²) in [7, 11) is 0. The van der Waals surface area contributed by atoms with Crippen LogP contribution in [-0.2, 0) is 24.2 Å². The van der Waals surface area contributed by atoms with E-state index in [9.17, 15) is 14.7 Å². The van der Waals surface area contributed by atoms with Gasteiger partial charge < -0.3 is 19.6 Å². The lowest BCUT2D eigenvalue weighted by Gasteiger charge is -2.18. The summed E-state index contributed by atoms with van der Waals surface area (Å²) >= 11 is 0. The number of nitrogens with one attached hydrogen (secondary N) is 1. The number of aromatic nitrogens is 3. The van der Waals surface area contributed by atoms with Crippen molar-refractivity contribution in [3.05, 3.63) is 119 Å². The monoisotopic (exact) mass is 534 g/mol. The molecule has 3 aromatic carbocycles. The molecule has 0 bridgehead atoms. The fourth-order valence-corrected chi connectivity index (χ4v) is 5.11. The smallest absolute Gasteiger partial charge is 0.327 e. The Morgan fingerprint density at radius 3 is 2.42 bits per heavy atom. The third-order valence-corrected chi connectivity index (χ3v) is 7.27. The molecule has 204 valence electrons. The van der Waals surface area contributed by atoms with Crippen LogP contribution in [0.4, 0.5) is 5.69 Å². The minimum Gasteiger partial charge on any atom is -0.480 e. The van der Waals surface area contributed by atoms with Gasteiger partial charge in [-0.2, -0.15) is 0 Å². The van der Waals surface area contributed by atoms with E-state index in [1.54, 1.807) is 18.3 Å². The first-order chi connectivity index (χ1) is 19.4. The van der Waals surface area contributed by atoms with E-state index in [0.29, 0.717) is 17.9 Å². The van der Waals surface area contributed by atoms with Crippen LogP contribution in [0.3, 0.4) is 0 Å². The van der Waals surface area contributed by atoms with E-state index >= 15 is 0 Å². The van der Waals surface area contributed by atoms with Crippen LogP contribution in [0.2, 0.25) is 0 Å². The number of aliphatic carboxylic acids is 1. The molecular weight excluding hydrogens is 500 g/mol. The van der Waals surface area contributed by atoms with Gasteiger partial charge in [0.2, 0.25) is 0 Å². The van der Waals surface area contributed by atoms with Gasteiger partial charge in [-0.15, -0.1) is 0 Å². The van der Waals surface area contributed by atoms with E-state index < -0.39 is 12.0 Å². The van der Waals surface area contributed by atoms with Crippen molar-refractivity contribution in [3.63, 3.8) is 0 Å². The summed E-state index contributed by atoms with van der Waals surface area (Å²) in [4.78, 5) is 30.3. The number of anilines is 1. The van der Waals surface area contributed by atoms with Crippen LogP contribution in [-0.4, -0.2) is 31.1 Å². The highest BCUT2D eigenvalue weighted by molar-refractivity contribution is 6.03. The van der Waals surface area contributed by atoms with Crippen LogP contribution in [0.15, 0.2) is 91.1 Å². The van der Waals surface area contributed by atoms with Crippen LogP contribution in [0.5, 0.6) is 0 Å². The minimum absolute atomic E-state index is 0.280. The Hall–Kier alpha value is -4.65. The van der Waals surface area contributed by atoms with Crippen LogP contribution >= 0.6 is 0 Å². The first kappa shape index (κ1) is 26.9. The summed E-state index contributed by atoms with van der Waals surface area (Å²) in [6.45, 7) is 4.97. The zero-order chi connectivity index (χ0) is 28.1. The molecule has 0 radical (unpaired) electrons. The number of imidazole rings is 1. The average Bonchev–Trinajstić information content (AvgIpc) is 3.58. The number of fused-ring (bicyclic) bond motifs is 1. The SMILES string of the molecule is CCCCc1nc2c(C)cccc2n1Cc1ccc(NC(=O)c2cccn2[C@@H](Cc2ccccc2)C(=O)O)cc1. The zero-order valence-corrected chi connectivity index (χ0v) is 22.9. The Balaban J connectivity index is 1.32. The van der Waals surface area contributed by atoms with Crippen LogP contribution in [0.1, 0.15) is 58.8 Å². The number of nitrogens with zero attached hydrogens (tertiary/aromatic N) is 3. The van der Waals surface area contributed by atoms with E-state index in [0.717, 1.165) is 47.2 Å². The van der Waals surface area contributed by atoms with Crippen molar-refractivity contribution in [2.24, 2.45) is 0 Å². The lowest BCUT2D eigenvalue weighted by molar-refractivity contribution is -0.140. The third-order valence-electron chi connectivity index (χ3n) is 7.27. The Morgan fingerprint density at radius 2 is 1.70 bits per heavy atom. The summed E-state index contributed by atoms with van der Waals surface area (Å²) in [5, 5.41) is 12.9. The first-order valence-electron chi connectivity index (χ1n) is 13.7. The van der Waals surface area contributed by atoms with E-state index in [-0.39, 0.29) is 12.3 Å². The molecule has 0 saturated carbocycles. The Kier molecular flexibility index (Phi) is 8.10. The molecule has 5 aromatic rings. The van der Waals surface area contributed by atoms with Crippen molar-refractivity contribution >= 4 is 28.6 Å². The number of unbranched alkanes of at least 4 members (excludes halogenated alkanes) is 1. The molecule has 7 heteroatoms. The Morgan fingerprint density at radius 1 is 0.925 bits per heavy atom. The van der Waals surface area contributed by atoms with Crippen molar-refractivity contribution in [3.8, 4) is 0 Å². The highest BCUT2D eigenvalue weighted by atomic mass is 16.4. The van der Waals surface area contributed by atoms with Crippen molar-refractivity contribution in [2.45, 2.75) is 52.1 Å². The molecule has 5 rings (SSSR count). The van der Waals surface area contributed by atoms with Crippen molar-refractivity contribution in [1.29, 1.82) is 0 Å². The number of carbonyl (C=O) groups excluding carboxylic acids is 1. The molecule has 0 aliphatic rings. The average molecular weight is 535 g/mol. The normalized spacial score (nSPS) is 11.9. The number of para-hydroxylation sites is 1. The van der Waals surface area contributed by atoms with Crippen molar-refractivity contribution < 1.29 is 14.7 Å². The second kappa shape index (κ2) is 12.0. The summed E-state index contributed by atoms with van der Waals surface area (Å²) in [6.07, 6.45) is 5.05. The van der Waals surface area contributed by atoms with Crippen molar-refractivity contribution in [1.82, 2.24) is 14.1 Å². The molecule has 0 unspecified atom stereocenters. The number of carbonyl (C=O) groups is 2. The Labute approximate surface area is 234 Å². The summed E-state index contributed by atoms with van der Waals surface area (Å²) < 4.78 is 3.82. The maximum atomic E-state index is 13.2. The van der Waals surface area contributed by atoms with E-state index in [4.69, 9.17) is 4.98 Å². The van der Waals surface area contributed by atoms with Gasteiger partial charge in [-0.3, -0.25) is 4.79 Å². The fourth-order valence-electron chi connectivity index (χ4n) is 5.11. The van der Waals surface area contributed by atoms with Gasteiger partial charge in [-0.05, 0) is 60.4 Å². The lowest BCUT2D eigenvalue weighted by Crippen LogP contribution is -2.26. The quantitative estimate of drug-likeness (QED) is 0.198. The number of hydrogen-bond donors (Lipinski definition) is 2. The lowest BCUT2D eigenvalue weighted by atomic mass is 10.1. The predicted molar refractivity (Wildman–Crippen MR) is 158 cm³/mol. The highest BCUT2D eigenvalue weighted by Gasteiger charge is 2.24. The molecule has 0 fully saturated rings. The molecule has 1 atom stereocenters. The molecule has 40 heavy (non-hydrogen) atoms. The second-order valence-electron chi connectivity index (χ2n) is 10.2. The minimum atomic E-state index is -0.987. The molecular formula is C33H34N4O3. The summed E-state index contributed by atoms with van der Waals surface area (Å²) in [6, 6.07) is 26.0. The molecule has 7 nitrogen and oxygen atoms in total. The number of hydrogen-bond acceptors (Lipinski definition) is 3. The molecule has 0 aliphatic heterocycles. The van der Waals surface area contributed by atoms with E-state index in [1.165, 1.54) is 10.1 Å². The van der Waals surface area contributed by atoms with Gasteiger partial charge >= 0.3 is 5.97 Å².